The molecule has 27 heavy (non-hydrogen) atoms. The molecule has 0 bridgehead atoms. The first kappa shape index (κ1) is 16.7. The molecule has 0 saturated heterocycles. The van der Waals surface area contributed by atoms with Crippen molar-refractivity contribution in [3.63, 3.8) is 0 Å². The van der Waals surface area contributed by atoms with Gasteiger partial charge in [-0.25, -0.2) is 14.3 Å². The molecule has 0 spiro atoms. The van der Waals surface area contributed by atoms with E-state index >= 15 is 0 Å². The third-order valence-electron chi connectivity index (χ3n) is 4.22. The van der Waals surface area contributed by atoms with Gasteiger partial charge in [-0.15, -0.1) is 0 Å². The van der Waals surface area contributed by atoms with Crippen molar-refractivity contribution in [3.05, 3.63) is 90.8 Å². The minimum atomic E-state index is -0.0893. The maximum Gasteiger partial charge on any atom is 0.256 e. The standard InChI is InChI=1S/C20H18N6O/c1-24(12-16-11-22-25(13-16)17-7-3-2-4-8-17)20(27)18-9-5-6-10-19(18)26-15-21-14-23-26/h2-11,13-15H,12H2,1H3. The van der Waals surface area contributed by atoms with Gasteiger partial charge in [-0.05, 0) is 24.3 Å². The van der Waals surface area contributed by atoms with Crippen molar-refractivity contribution in [2.75, 3.05) is 7.05 Å². The molecule has 0 atom stereocenters. The Morgan fingerprint density at radius 1 is 1.00 bits per heavy atom. The molecule has 0 aliphatic carbocycles. The van der Waals surface area contributed by atoms with Gasteiger partial charge in [-0.3, -0.25) is 4.79 Å². The first-order chi connectivity index (χ1) is 13.2. The zero-order valence-electron chi connectivity index (χ0n) is 14.8. The third-order valence-corrected chi connectivity index (χ3v) is 4.22. The van der Waals surface area contributed by atoms with E-state index in [1.807, 2.05) is 54.7 Å². The van der Waals surface area contributed by atoms with Gasteiger partial charge in [0.15, 0.2) is 0 Å². The van der Waals surface area contributed by atoms with Gasteiger partial charge < -0.3 is 4.90 Å². The first-order valence-electron chi connectivity index (χ1n) is 8.51. The summed E-state index contributed by atoms with van der Waals surface area (Å²) in [5, 5.41) is 8.52. The third kappa shape index (κ3) is 3.48. The smallest absolute Gasteiger partial charge is 0.256 e. The molecule has 0 radical (unpaired) electrons. The lowest BCUT2D eigenvalue weighted by molar-refractivity contribution is 0.0785. The zero-order chi connectivity index (χ0) is 18.6. The van der Waals surface area contributed by atoms with E-state index in [1.165, 1.54) is 6.33 Å². The second kappa shape index (κ2) is 7.25. The van der Waals surface area contributed by atoms with Gasteiger partial charge in [0.1, 0.15) is 12.7 Å². The van der Waals surface area contributed by atoms with Crippen molar-refractivity contribution in [2.45, 2.75) is 6.54 Å². The van der Waals surface area contributed by atoms with E-state index < -0.39 is 0 Å². The van der Waals surface area contributed by atoms with E-state index in [9.17, 15) is 4.79 Å². The van der Waals surface area contributed by atoms with E-state index in [1.54, 1.807) is 39.9 Å². The lowest BCUT2D eigenvalue weighted by Crippen LogP contribution is -2.27. The normalized spacial score (nSPS) is 10.7. The van der Waals surface area contributed by atoms with Crippen molar-refractivity contribution in [3.8, 4) is 11.4 Å². The van der Waals surface area contributed by atoms with Crippen LogP contribution in [0.1, 0.15) is 15.9 Å². The number of rotatable bonds is 5. The largest absolute Gasteiger partial charge is 0.337 e. The van der Waals surface area contributed by atoms with Gasteiger partial charge in [0, 0.05) is 25.4 Å². The summed E-state index contributed by atoms with van der Waals surface area (Å²) in [6, 6.07) is 17.2. The Morgan fingerprint density at radius 3 is 2.56 bits per heavy atom. The van der Waals surface area contributed by atoms with Gasteiger partial charge in [-0.2, -0.15) is 10.2 Å². The summed E-state index contributed by atoms with van der Waals surface area (Å²) in [4.78, 5) is 18.6. The maximum absolute atomic E-state index is 13.0. The summed E-state index contributed by atoms with van der Waals surface area (Å²) in [5.41, 5.74) is 3.20. The van der Waals surface area contributed by atoms with Gasteiger partial charge in [-0.1, -0.05) is 30.3 Å². The van der Waals surface area contributed by atoms with E-state index in [-0.39, 0.29) is 5.91 Å². The van der Waals surface area contributed by atoms with Gasteiger partial charge in [0.05, 0.1) is 23.1 Å². The van der Waals surface area contributed by atoms with Gasteiger partial charge >= 0.3 is 0 Å². The molecule has 2 aromatic carbocycles. The predicted molar refractivity (Wildman–Crippen MR) is 101 cm³/mol. The quantitative estimate of drug-likeness (QED) is 0.550. The van der Waals surface area contributed by atoms with Crippen LogP contribution in [0, 0.1) is 0 Å². The van der Waals surface area contributed by atoms with Crippen LogP contribution in [0.3, 0.4) is 0 Å². The number of benzene rings is 2. The highest BCUT2D eigenvalue weighted by atomic mass is 16.2. The van der Waals surface area contributed by atoms with E-state index in [4.69, 9.17) is 0 Å². The highest BCUT2D eigenvalue weighted by Gasteiger charge is 2.17. The molecule has 7 nitrogen and oxygen atoms in total. The van der Waals surface area contributed by atoms with E-state index in [0.29, 0.717) is 17.8 Å². The Hall–Kier alpha value is -3.74. The number of nitrogens with zero attached hydrogens (tertiary/aromatic N) is 6. The molecule has 0 aliphatic rings. The molecule has 0 aliphatic heterocycles. The fourth-order valence-electron chi connectivity index (χ4n) is 2.90. The van der Waals surface area contributed by atoms with E-state index in [2.05, 4.69) is 15.2 Å². The molecular formula is C20H18N6O. The Balaban J connectivity index is 1.54. The SMILES string of the molecule is CN(Cc1cnn(-c2ccccc2)c1)C(=O)c1ccccc1-n1cncn1. The number of amides is 1. The number of carbonyl (C=O) groups excluding carboxylic acids is 1. The fraction of sp³-hybridized carbons (Fsp3) is 0.100. The molecule has 134 valence electrons. The van der Waals surface area contributed by atoms with Crippen molar-refractivity contribution >= 4 is 5.91 Å². The van der Waals surface area contributed by atoms with Crippen LogP contribution in [0.2, 0.25) is 0 Å². The van der Waals surface area contributed by atoms with Gasteiger partial charge in [0.25, 0.3) is 5.91 Å². The summed E-state index contributed by atoms with van der Waals surface area (Å²) in [7, 11) is 1.78. The molecule has 0 unspecified atom stereocenters. The minimum absolute atomic E-state index is 0.0893. The van der Waals surface area contributed by atoms with E-state index in [0.717, 1.165) is 11.3 Å². The Bertz CT molecular complexity index is 1040. The molecule has 0 saturated carbocycles. The molecule has 0 fully saturated rings. The second-order valence-electron chi connectivity index (χ2n) is 6.15. The lowest BCUT2D eigenvalue weighted by Gasteiger charge is -2.18. The summed E-state index contributed by atoms with van der Waals surface area (Å²) < 4.78 is 3.39. The molecule has 2 aromatic heterocycles. The molecule has 1 amide bonds. The predicted octanol–water partition coefficient (Wildman–Crippen LogP) is 2.73. The first-order valence-corrected chi connectivity index (χ1v) is 8.51. The van der Waals surface area contributed by atoms with Crippen molar-refractivity contribution in [1.29, 1.82) is 0 Å². The van der Waals surface area contributed by atoms with Gasteiger partial charge in [0.2, 0.25) is 0 Å². The lowest BCUT2D eigenvalue weighted by atomic mass is 10.1. The maximum atomic E-state index is 13.0. The summed E-state index contributed by atoms with van der Waals surface area (Å²) in [6.07, 6.45) is 6.74. The Morgan fingerprint density at radius 2 is 1.78 bits per heavy atom. The van der Waals surface area contributed by atoms with Crippen LogP contribution in [0.4, 0.5) is 0 Å². The molecule has 7 heteroatoms. The van der Waals surface area contributed by atoms with Crippen LogP contribution in [0.15, 0.2) is 79.6 Å². The Kier molecular flexibility index (Phi) is 4.49. The van der Waals surface area contributed by atoms with Crippen LogP contribution in [-0.2, 0) is 6.54 Å². The van der Waals surface area contributed by atoms with Crippen molar-refractivity contribution < 1.29 is 4.79 Å². The molecular weight excluding hydrogens is 340 g/mol. The Labute approximate surface area is 156 Å². The number of para-hydroxylation sites is 2. The topological polar surface area (TPSA) is 68.8 Å². The summed E-state index contributed by atoms with van der Waals surface area (Å²) >= 11 is 0. The number of hydrogen-bond acceptors (Lipinski definition) is 4. The van der Waals surface area contributed by atoms with Crippen molar-refractivity contribution in [1.82, 2.24) is 29.4 Å². The van der Waals surface area contributed by atoms with Crippen LogP contribution >= 0.6 is 0 Å². The summed E-state index contributed by atoms with van der Waals surface area (Å²) in [5.74, 6) is -0.0893. The van der Waals surface area contributed by atoms with Crippen LogP contribution in [-0.4, -0.2) is 42.4 Å². The average molecular weight is 358 g/mol. The molecule has 0 N–H and O–H groups in total. The second-order valence-corrected chi connectivity index (χ2v) is 6.15. The molecule has 2 heterocycles. The number of hydrogen-bond donors (Lipinski definition) is 0. The van der Waals surface area contributed by atoms with Crippen LogP contribution < -0.4 is 0 Å². The van der Waals surface area contributed by atoms with Crippen LogP contribution in [0.5, 0.6) is 0 Å². The average Bonchev–Trinajstić information content (AvgIpc) is 3.40. The summed E-state index contributed by atoms with van der Waals surface area (Å²) in [6.45, 7) is 0.456. The number of aromatic nitrogens is 5. The minimum Gasteiger partial charge on any atom is -0.337 e. The molecule has 4 rings (SSSR count). The highest BCUT2D eigenvalue weighted by molar-refractivity contribution is 5.97. The van der Waals surface area contributed by atoms with Crippen molar-refractivity contribution in [2.24, 2.45) is 0 Å². The molecule has 4 aromatic rings. The number of carbonyl (C=O) groups is 1. The fourth-order valence-corrected chi connectivity index (χ4v) is 2.90. The zero-order valence-corrected chi connectivity index (χ0v) is 14.8. The highest BCUT2D eigenvalue weighted by Crippen LogP contribution is 2.16. The monoisotopic (exact) mass is 358 g/mol. The van der Waals surface area contributed by atoms with Crippen LogP contribution in [0.25, 0.3) is 11.4 Å².